The van der Waals surface area contributed by atoms with Crippen LogP contribution in [0.5, 0.6) is 5.75 Å². The minimum Gasteiger partial charge on any atom is -0.482 e. The normalized spacial score (nSPS) is 15.9. The highest BCUT2D eigenvalue weighted by molar-refractivity contribution is 5.95. The summed E-state index contributed by atoms with van der Waals surface area (Å²) in [6, 6.07) is 23.7. The van der Waals surface area contributed by atoms with E-state index in [1.165, 1.54) is 18.5 Å². The number of amides is 2. The molecule has 0 radical (unpaired) electrons. The number of hydrogen-bond donors (Lipinski definition) is 2. The third-order valence-corrected chi connectivity index (χ3v) is 6.18. The zero-order valence-corrected chi connectivity index (χ0v) is 18.4. The van der Waals surface area contributed by atoms with Gasteiger partial charge in [0.15, 0.2) is 6.61 Å². The van der Waals surface area contributed by atoms with Crippen LogP contribution < -0.4 is 20.3 Å². The quantitative estimate of drug-likeness (QED) is 0.605. The lowest BCUT2D eigenvalue weighted by molar-refractivity contribution is -0.121. The van der Waals surface area contributed by atoms with Gasteiger partial charge in [-0.05, 0) is 42.2 Å². The van der Waals surface area contributed by atoms with Crippen molar-refractivity contribution in [2.24, 2.45) is 0 Å². The Labute approximate surface area is 193 Å². The van der Waals surface area contributed by atoms with Gasteiger partial charge in [-0.25, -0.2) is 0 Å². The number of para-hydroxylation sites is 1. The van der Waals surface area contributed by atoms with Crippen LogP contribution in [0.25, 0.3) is 0 Å². The van der Waals surface area contributed by atoms with Gasteiger partial charge in [0, 0.05) is 24.3 Å². The first-order valence-corrected chi connectivity index (χ1v) is 11.4. The average Bonchev–Trinajstić information content (AvgIpc) is 3.38. The monoisotopic (exact) mass is 441 g/mol. The molecule has 2 N–H and O–H groups in total. The maximum absolute atomic E-state index is 13.2. The summed E-state index contributed by atoms with van der Waals surface area (Å²) in [7, 11) is 0. The third-order valence-electron chi connectivity index (χ3n) is 6.18. The standard InChI is InChI=1S/C27H27N3O3/c31-25(17-19-12-13-22-24(16-19)33-18-26(32)28-22)29-27(20-8-2-1-3-9-20)21-10-4-5-11-23(21)30-14-6-7-15-30/h1-5,8-13,16,27H,6-7,14-15,17-18H2,(H,28,32)(H,29,31). The van der Waals surface area contributed by atoms with Crippen molar-refractivity contribution in [3.63, 3.8) is 0 Å². The van der Waals surface area contributed by atoms with Crippen molar-refractivity contribution in [2.75, 3.05) is 29.9 Å². The molecule has 33 heavy (non-hydrogen) atoms. The van der Waals surface area contributed by atoms with Crippen LogP contribution in [-0.4, -0.2) is 31.5 Å². The molecule has 2 heterocycles. The lowest BCUT2D eigenvalue weighted by Gasteiger charge is -2.27. The molecule has 3 aromatic rings. The molecule has 6 nitrogen and oxygen atoms in total. The minimum absolute atomic E-state index is 0.00792. The van der Waals surface area contributed by atoms with Crippen molar-refractivity contribution in [1.82, 2.24) is 5.32 Å². The van der Waals surface area contributed by atoms with Gasteiger partial charge in [-0.3, -0.25) is 9.59 Å². The fourth-order valence-corrected chi connectivity index (χ4v) is 4.59. The summed E-state index contributed by atoms with van der Waals surface area (Å²) in [5.41, 5.74) is 4.81. The van der Waals surface area contributed by atoms with E-state index in [9.17, 15) is 9.59 Å². The van der Waals surface area contributed by atoms with E-state index in [2.05, 4.69) is 45.9 Å². The molecule has 0 spiro atoms. The number of nitrogens with zero attached hydrogens (tertiary/aromatic N) is 1. The number of nitrogens with one attached hydrogen (secondary N) is 2. The van der Waals surface area contributed by atoms with Gasteiger partial charge in [-0.1, -0.05) is 54.6 Å². The van der Waals surface area contributed by atoms with Gasteiger partial charge in [-0.15, -0.1) is 0 Å². The predicted octanol–water partition coefficient (Wildman–Crippen LogP) is 4.07. The SMILES string of the molecule is O=C1COc2cc(CC(=O)NC(c3ccccc3)c3ccccc3N3CCCC3)ccc2N1. The summed E-state index contributed by atoms with van der Waals surface area (Å²) in [4.78, 5) is 27.1. The Morgan fingerprint density at radius 2 is 1.76 bits per heavy atom. The van der Waals surface area contributed by atoms with Gasteiger partial charge >= 0.3 is 0 Å². The van der Waals surface area contributed by atoms with Crippen molar-refractivity contribution in [2.45, 2.75) is 25.3 Å². The summed E-state index contributed by atoms with van der Waals surface area (Å²) in [5.74, 6) is 0.356. The van der Waals surface area contributed by atoms with Crippen LogP contribution in [0.2, 0.25) is 0 Å². The molecule has 0 bridgehead atoms. The van der Waals surface area contributed by atoms with E-state index in [4.69, 9.17) is 4.74 Å². The number of carbonyl (C=O) groups excluding carboxylic acids is 2. The van der Waals surface area contributed by atoms with Gasteiger partial charge in [0.25, 0.3) is 5.91 Å². The van der Waals surface area contributed by atoms with Crippen LogP contribution >= 0.6 is 0 Å². The van der Waals surface area contributed by atoms with E-state index in [-0.39, 0.29) is 30.9 Å². The second-order valence-electron chi connectivity index (χ2n) is 8.51. The summed E-state index contributed by atoms with van der Waals surface area (Å²) >= 11 is 0. The number of carbonyl (C=O) groups is 2. The van der Waals surface area contributed by atoms with E-state index in [0.717, 1.165) is 29.8 Å². The Hall–Kier alpha value is -3.80. The van der Waals surface area contributed by atoms with Crippen LogP contribution in [-0.2, 0) is 16.0 Å². The fourth-order valence-electron chi connectivity index (χ4n) is 4.59. The topological polar surface area (TPSA) is 70.7 Å². The van der Waals surface area contributed by atoms with Crippen molar-refractivity contribution in [3.05, 3.63) is 89.5 Å². The van der Waals surface area contributed by atoms with Crippen molar-refractivity contribution in [3.8, 4) is 5.75 Å². The van der Waals surface area contributed by atoms with Crippen LogP contribution in [0.3, 0.4) is 0 Å². The maximum Gasteiger partial charge on any atom is 0.262 e. The number of anilines is 2. The smallest absolute Gasteiger partial charge is 0.262 e. The van der Waals surface area contributed by atoms with Crippen molar-refractivity contribution >= 4 is 23.2 Å². The molecule has 0 saturated carbocycles. The fraction of sp³-hybridized carbons (Fsp3) is 0.259. The van der Waals surface area contributed by atoms with Crippen LogP contribution in [0.1, 0.15) is 35.6 Å². The zero-order valence-electron chi connectivity index (χ0n) is 18.4. The second kappa shape index (κ2) is 9.36. The first-order valence-electron chi connectivity index (χ1n) is 11.4. The lowest BCUT2D eigenvalue weighted by Crippen LogP contribution is -2.32. The molecule has 1 unspecified atom stereocenters. The van der Waals surface area contributed by atoms with Crippen LogP contribution in [0.4, 0.5) is 11.4 Å². The van der Waals surface area contributed by atoms with E-state index in [0.29, 0.717) is 11.4 Å². The van der Waals surface area contributed by atoms with Crippen molar-refractivity contribution < 1.29 is 14.3 Å². The van der Waals surface area contributed by atoms with Gasteiger partial charge in [0.1, 0.15) is 5.75 Å². The molecular weight excluding hydrogens is 414 g/mol. The summed E-state index contributed by atoms with van der Waals surface area (Å²) in [6.45, 7) is 2.07. The average molecular weight is 442 g/mol. The number of benzene rings is 3. The first kappa shape index (κ1) is 21.1. The third kappa shape index (κ3) is 4.70. The molecule has 2 aliphatic heterocycles. The highest BCUT2D eigenvalue weighted by atomic mass is 16.5. The van der Waals surface area contributed by atoms with Gasteiger partial charge in [0.2, 0.25) is 5.91 Å². The molecule has 5 rings (SSSR count). The van der Waals surface area contributed by atoms with E-state index in [1.54, 1.807) is 6.07 Å². The highest BCUT2D eigenvalue weighted by Crippen LogP contribution is 2.33. The Morgan fingerprint density at radius 3 is 2.58 bits per heavy atom. The Morgan fingerprint density at radius 1 is 1.00 bits per heavy atom. The molecule has 3 aromatic carbocycles. The maximum atomic E-state index is 13.2. The number of ether oxygens (including phenoxy) is 1. The Bertz CT molecular complexity index is 1160. The summed E-state index contributed by atoms with van der Waals surface area (Å²) < 4.78 is 5.50. The van der Waals surface area contributed by atoms with Crippen LogP contribution in [0, 0.1) is 0 Å². The molecular formula is C27H27N3O3. The molecule has 1 fully saturated rings. The van der Waals surface area contributed by atoms with E-state index in [1.807, 2.05) is 36.4 Å². The van der Waals surface area contributed by atoms with E-state index < -0.39 is 0 Å². The number of rotatable bonds is 6. The minimum atomic E-state index is -0.247. The molecule has 1 atom stereocenters. The predicted molar refractivity (Wildman–Crippen MR) is 129 cm³/mol. The van der Waals surface area contributed by atoms with Crippen LogP contribution in [0.15, 0.2) is 72.8 Å². The number of hydrogen-bond acceptors (Lipinski definition) is 4. The molecule has 168 valence electrons. The molecule has 2 amide bonds. The lowest BCUT2D eigenvalue weighted by atomic mass is 9.96. The van der Waals surface area contributed by atoms with Crippen molar-refractivity contribution in [1.29, 1.82) is 0 Å². The van der Waals surface area contributed by atoms with Gasteiger partial charge in [0.05, 0.1) is 18.2 Å². The molecule has 2 aliphatic rings. The molecule has 0 aromatic heterocycles. The Balaban J connectivity index is 1.40. The van der Waals surface area contributed by atoms with Gasteiger partial charge in [-0.2, -0.15) is 0 Å². The molecule has 1 saturated heterocycles. The molecule has 0 aliphatic carbocycles. The van der Waals surface area contributed by atoms with Gasteiger partial charge < -0.3 is 20.3 Å². The second-order valence-corrected chi connectivity index (χ2v) is 8.51. The first-order chi connectivity index (χ1) is 16.2. The Kier molecular flexibility index (Phi) is 5.98. The van der Waals surface area contributed by atoms with E-state index >= 15 is 0 Å². The number of fused-ring (bicyclic) bond motifs is 1. The summed E-state index contributed by atoms with van der Waals surface area (Å²) in [5, 5.41) is 6.05. The summed E-state index contributed by atoms with van der Waals surface area (Å²) in [6.07, 6.45) is 2.61. The highest BCUT2D eigenvalue weighted by Gasteiger charge is 2.24. The zero-order chi connectivity index (χ0) is 22.6. The largest absolute Gasteiger partial charge is 0.482 e. The molecule has 6 heteroatoms.